The maximum absolute atomic E-state index is 12.6. The molecule has 0 aliphatic heterocycles. The minimum Gasteiger partial charge on any atom is -0.493 e. The van der Waals surface area contributed by atoms with Crippen molar-refractivity contribution in [3.8, 4) is 11.5 Å². The average molecular weight is 594 g/mol. The van der Waals surface area contributed by atoms with E-state index in [0.29, 0.717) is 33.0 Å². The van der Waals surface area contributed by atoms with Crippen LogP contribution >= 0.6 is 43.5 Å². The van der Waals surface area contributed by atoms with Crippen LogP contribution in [0.1, 0.15) is 11.1 Å². The van der Waals surface area contributed by atoms with Gasteiger partial charge in [-0.3, -0.25) is 4.79 Å². The topological polar surface area (TPSA) is 85.7 Å². The largest absolute Gasteiger partial charge is 0.493 e. The number of nitrogens with zero attached hydrogens (tertiary/aromatic N) is 2. The Morgan fingerprint density at radius 3 is 2.67 bits per heavy atom. The number of hydrogen-bond donors (Lipinski definition) is 1. The van der Waals surface area contributed by atoms with Gasteiger partial charge >= 0.3 is 5.69 Å². The first-order valence-corrected chi connectivity index (χ1v) is 11.6. The zero-order chi connectivity index (χ0) is 23.5. The van der Waals surface area contributed by atoms with Crippen molar-refractivity contribution in [3.05, 3.63) is 101 Å². The van der Waals surface area contributed by atoms with Crippen molar-refractivity contribution in [2.75, 3.05) is 7.11 Å². The SMILES string of the molecule is COc1cc(C=Nn2c(=O)[nH]c3ccccc3c2=O)cc(Cl)c1OCc1ccc(Br)cc1Br. The molecule has 10 heteroatoms. The van der Waals surface area contributed by atoms with Crippen molar-refractivity contribution in [1.29, 1.82) is 0 Å². The lowest BCUT2D eigenvalue weighted by atomic mass is 10.2. The zero-order valence-corrected chi connectivity index (χ0v) is 21.1. The number of benzene rings is 3. The van der Waals surface area contributed by atoms with E-state index in [-0.39, 0.29) is 6.61 Å². The average Bonchev–Trinajstić information content (AvgIpc) is 2.79. The highest BCUT2D eigenvalue weighted by Crippen LogP contribution is 2.37. The fourth-order valence-electron chi connectivity index (χ4n) is 3.13. The lowest BCUT2D eigenvalue weighted by Crippen LogP contribution is -2.32. The Kier molecular flexibility index (Phi) is 7.02. The molecule has 4 aromatic rings. The maximum Gasteiger partial charge on any atom is 0.349 e. The van der Waals surface area contributed by atoms with Crippen molar-refractivity contribution >= 4 is 60.6 Å². The van der Waals surface area contributed by atoms with Gasteiger partial charge in [0.25, 0.3) is 5.56 Å². The van der Waals surface area contributed by atoms with Crippen LogP contribution in [0.5, 0.6) is 11.5 Å². The molecule has 0 atom stereocenters. The van der Waals surface area contributed by atoms with E-state index in [4.69, 9.17) is 21.1 Å². The molecule has 4 rings (SSSR count). The maximum atomic E-state index is 12.6. The third-order valence-corrected chi connectivity index (χ3v) is 6.26. The van der Waals surface area contributed by atoms with Crippen LogP contribution in [0, 0.1) is 0 Å². The van der Waals surface area contributed by atoms with Crippen molar-refractivity contribution in [2.24, 2.45) is 5.10 Å². The molecule has 1 aromatic heterocycles. The molecule has 33 heavy (non-hydrogen) atoms. The lowest BCUT2D eigenvalue weighted by molar-refractivity contribution is 0.284. The van der Waals surface area contributed by atoms with E-state index >= 15 is 0 Å². The summed E-state index contributed by atoms with van der Waals surface area (Å²) in [4.78, 5) is 27.6. The summed E-state index contributed by atoms with van der Waals surface area (Å²) in [5.41, 5.74) is 0.727. The van der Waals surface area contributed by atoms with E-state index in [1.165, 1.54) is 13.3 Å². The Balaban J connectivity index is 1.63. The number of aromatic amines is 1. The van der Waals surface area contributed by atoms with Crippen molar-refractivity contribution < 1.29 is 9.47 Å². The van der Waals surface area contributed by atoms with Crippen LogP contribution in [-0.2, 0) is 6.61 Å². The Labute approximate surface area is 209 Å². The van der Waals surface area contributed by atoms with Gasteiger partial charge in [-0.25, -0.2) is 4.79 Å². The summed E-state index contributed by atoms with van der Waals surface area (Å²) in [5.74, 6) is 0.754. The molecule has 0 radical (unpaired) electrons. The van der Waals surface area contributed by atoms with Crippen LogP contribution in [0.2, 0.25) is 5.02 Å². The number of methoxy groups -OCH3 is 1. The van der Waals surface area contributed by atoms with Crippen LogP contribution in [0.4, 0.5) is 0 Å². The molecule has 0 bridgehead atoms. The van der Waals surface area contributed by atoms with E-state index in [1.54, 1.807) is 36.4 Å². The van der Waals surface area contributed by atoms with Gasteiger partial charge in [-0.1, -0.05) is 61.7 Å². The van der Waals surface area contributed by atoms with Crippen LogP contribution in [0.25, 0.3) is 10.9 Å². The summed E-state index contributed by atoms with van der Waals surface area (Å²) in [7, 11) is 1.49. The third kappa shape index (κ3) is 5.05. The van der Waals surface area contributed by atoms with E-state index < -0.39 is 11.2 Å². The highest BCUT2D eigenvalue weighted by molar-refractivity contribution is 9.11. The van der Waals surface area contributed by atoms with Crippen molar-refractivity contribution in [1.82, 2.24) is 9.66 Å². The predicted octanol–water partition coefficient (Wildman–Crippen LogP) is 5.34. The number of ether oxygens (including phenoxy) is 2. The van der Waals surface area contributed by atoms with Crippen LogP contribution in [0.15, 0.2) is 78.2 Å². The number of aromatic nitrogens is 2. The quantitative estimate of drug-likeness (QED) is 0.306. The first-order chi connectivity index (χ1) is 15.9. The Hall–Kier alpha value is -2.88. The molecular formula is C23H16Br2ClN3O4. The van der Waals surface area contributed by atoms with Crippen molar-refractivity contribution in [3.63, 3.8) is 0 Å². The Morgan fingerprint density at radius 2 is 1.91 bits per heavy atom. The fraction of sp³-hybridized carbons (Fsp3) is 0.0870. The van der Waals surface area contributed by atoms with Gasteiger partial charge in [0.05, 0.1) is 29.2 Å². The molecule has 1 heterocycles. The number of H-pyrrole nitrogens is 1. The Morgan fingerprint density at radius 1 is 1.12 bits per heavy atom. The number of halogens is 3. The summed E-state index contributed by atoms with van der Waals surface area (Å²) in [6, 6.07) is 15.8. The smallest absolute Gasteiger partial charge is 0.349 e. The number of fused-ring (bicyclic) bond motifs is 1. The molecule has 0 unspecified atom stereocenters. The van der Waals surface area contributed by atoms with Gasteiger partial charge in [-0.2, -0.15) is 5.10 Å². The highest BCUT2D eigenvalue weighted by Gasteiger charge is 2.13. The number of rotatable bonds is 6. The van der Waals surface area contributed by atoms with Crippen molar-refractivity contribution in [2.45, 2.75) is 6.61 Å². The van der Waals surface area contributed by atoms with Gasteiger partial charge in [-0.05, 0) is 42.0 Å². The standard InChI is InChI=1S/C23H16Br2ClN3O4/c1-32-20-9-13(8-18(26)21(20)33-12-14-6-7-15(24)10-17(14)25)11-27-29-22(30)16-4-2-3-5-19(16)28-23(29)31/h2-11H,12H2,1H3,(H,28,31). The normalized spacial score (nSPS) is 11.3. The van der Waals surface area contributed by atoms with E-state index in [1.807, 2.05) is 18.2 Å². The van der Waals surface area contributed by atoms with Crippen LogP contribution in [-0.4, -0.2) is 23.0 Å². The van der Waals surface area contributed by atoms with Gasteiger partial charge in [0.15, 0.2) is 11.5 Å². The minimum atomic E-state index is -0.645. The summed E-state index contributed by atoms with van der Waals surface area (Å²) in [6.07, 6.45) is 1.36. The molecule has 0 aliphatic rings. The first kappa shape index (κ1) is 23.3. The van der Waals surface area contributed by atoms with Gasteiger partial charge in [-0.15, -0.1) is 4.68 Å². The molecular weight excluding hydrogens is 578 g/mol. The molecule has 0 saturated carbocycles. The van der Waals surface area contributed by atoms with Gasteiger partial charge in [0.2, 0.25) is 0 Å². The minimum absolute atomic E-state index is 0.263. The predicted molar refractivity (Wildman–Crippen MR) is 136 cm³/mol. The van der Waals surface area contributed by atoms with E-state index in [9.17, 15) is 9.59 Å². The molecule has 0 amide bonds. The third-order valence-electron chi connectivity index (χ3n) is 4.74. The number of nitrogens with one attached hydrogen (secondary N) is 1. The highest BCUT2D eigenvalue weighted by atomic mass is 79.9. The molecule has 0 spiro atoms. The zero-order valence-electron chi connectivity index (χ0n) is 17.1. The summed E-state index contributed by atoms with van der Waals surface area (Å²) in [6.45, 7) is 0.263. The molecule has 0 saturated heterocycles. The molecule has 3 aromatic carbocycles. The van der Waals surface area contributed by atoms with Gasteiger partial charge < -0.3 is 14.5 Å². The summed E-state index contributed by atoms with van der Waals surface area (Å²) >= 11 is 13.4. The summed E-state index contributed by atoms with van der Waals surface area (Å²) in [5, 5.41) is 4.70. The number of hydrogen-bond acceptors (Lipinski definition) is 5. The molecule has 7 nitrogen and oxygen atoms in total. The fourth-order valence-corrected chi connectivity index (χ4v) is 4.56. The number of para-hydroxylation sites is 1. The second-order valence-electron chi connectivity index (χ2n) is 6.90. The molecule has 168 valence electrons. The lowest BCUT2D eigenvalue weighted by Gasteiger charge is -2.14. The monoisotopic (exact) mass is 591 g/mol. The Bertz CT molecular complexity index is 1500. The molecule has 1 N–H and O–H groups in total. The van der Waals surface area contributed by atoms with Gasteiger partial charge in [0, 0.05) is 14.5 Å². The van der Waals surface area contributed by atoms with E-state index in [2.05, 4.69) is 41.9 Å². The van der Waals surface area contributed by atoms with Crippen LogP contribution < -0.4 is 20.7 Å². The molecule has 0 fully saturated rings. The van der Waals surface area contributed by atoms with E-state index in [0.717, 1.165) is 19.2 Å². The summed E-state index contributed by atoms with van der Waals surface area (Å²) < 4.78 is 13.9. The second kappa shape index (κ2) is 9.94. The molecule has 0 aliphatic carbocycles. The first-order valence-electron chi connectivity index (χ1n) is 9.60. The van der Waals surface area contributed by atoms with Gasteiger partial charge in [0.1, 0.15) is 6.61 Å². The van der Waals surface area contributed by atoms with Crippen LogP contribution in [0.3, 0.4) is 0 Å². The second-order valence-corrected chi connectivity index (χ2v) is 9.07.